The van der Waals surface area contributed by atoms with Crippen molar-refractivity contribution in [3.63, 3.8) is 0 Å². The van der Waals surface area contributed by atoms with Gasteiger partial charge in [0.1, 0.15) is 5.03 Å². The summed E-state index contributed by atoms with van der Waals surface area (Å²) in [6.07, 6.45) is 4.30. The molecule has 0 fully saturated rings. The van der Waals surface area contributed by atoms with Crippen LogP contribution < -0.4 is 5.32 Å². The summed E-state index contributed by atoms with van der Waals surface area (Å²) in [5.74, 6) is 1.91. The minimum absolute atomic E-state index is 0.387. The van der Waals surface area contributed by atoms with E-state index in [4.69, 9.17) is 0 Å². The van der Waals surface area contributed by atoms with Gasteiger partial charge in [0.25, 0.3) is 0 Å². The summed E-state index contributed by atoms with van der Waals surface area (Å²) < 4.78 is 0. The molecule has 102 valence electrons. The summed E-state index contributed by atoms with van der Waals surface area (Å²) in [6.45, 7) is 10.0. The number of aromatic nitrogens is 1. The summed E-state index contributed by atoms with van der Waals surface area (Å²) in [7, 11) is 0. The first-order valence-corrected chi connectivity index (χ1v) is 7.98. The number of nitrogens with one attached hydrogen (secondary N) is 1. The Labute approximate surface area is 116 Å². The quantitative estimate of drug-likeness (QED) is 0.711. The monoisotopic (exact) mass is 266 g/mol. The molecule has 3 heteroatoms. The van der Waals surface area contributed by atoms with Crippen molar-refractivity contribution < 1.29 is 0 Å². The highest BCUT2D eigenvalue weighted by molar-refractivity contribution is 7.99. The van der Waals surface area contributed by atoms with Crippen LogP contribution in [0.3, 0.4) is 0 Å². The van der Waals surface area contributed by atoms with Gasteiger partial charge in [-0.2, -0.15) is 0 Å². The zero-order valence-electron chi connectivity index (χ0n) is 12.1. The third kappa shape index (κ3) is 4.99. The molecule has 2 unspecified atom stereocenters. The Morgan fingerprint density at radius 3 is 2.78 bits per heavy atom. The second kappa shape index (κ2) is 8.54. The molecule has 0 saturated carbocycles. The maximum absolute atomic E-state index is 4.54. The van der Waals surface area contributed by atoms with Gasteiger partial charge in [-0.3, -0.25) is 0 Å². The lowest BCUT2D eigenvalue weighted by Gasteiger charge is -2.17. The molecule has 0 aliphatic heterocycles. The number of rotatable bonds is 8. The number of hydrogen-bond donors (Lipinski definition) is 1. The molecule has 0 aliphatic carbocycles. The fourth-order valence-corrected chi connectivity index (χ4v) is 2.89. The molecule has 0 saturated heterocycles. The van der Waals surface area contributed by atoms with Crippen molar-refractivity contribution >= 4 is 11.8 Å². The van der Waals surface area contributed by atoms with Crippen molar-refractivity contribution in [3.8, 4) is 0 Å². The van der Waals surface area contributed by atoms with E-state index in [1.165, 1.54) is 23.4 Å². The molecule has 18 heavy (non-hydrogen) atoms. The van der Waals surface area contributed by atoms with Crippen LogP contribution in [0.2, 0.25) is 0 Å². The topological polar surface area (TPSA) is 24.9 Å². The highest BCUT2D eigenvalue weighted by atomic mass is 32.2. The normalized spacial score (nSPS) is 14.4. The molecule has 1 aromatic heterocycles. The van der Waals surface area contributed by atoms with Crippen molar-refractivity contribution in [1.29, 1.82) is 0 Å². The van der Waals surface area contributed by atoms with Crippen molar-refractivity contribution in [2.75, 3.05) is 12.3 Å². The van der Waals surface area contributed by atoms with Gasteiger partial charge >= 0.3 is 0 Å². The van der Waals surface area contributed by atoms with E-state index in [0.29, 0.717) is 6.04 Å². The van der Waals surface area contributed by atoms with Crippen LogP contribution in [0.4, 0.5) is 0 Å². The van der Waals surface area contributed by atoms with Gasteiger partial charge in [0, 0.05) is 23.6 Å². The lowest BCUT2D eigenvalue weighted by atomic mass is 10.1. The first kappa shape index (κ1) is 15.5. The second-order valence-corrected chi connectivity index (χ2v) is 5.91. The first-order chi connectivity index (χ1) is 8.69. The Bertz CT molecular complexity index is 341. The van der Waals surface area contributed by atoms with Crippen LogP contribution in [-0.2, 0) is 0 Å². The third-order valence-corrected chi connectivity index (χ3v) is 4.52. The molecule has 2 nitrogen and oxygen atoms in total. The van der Waals surface area contributed by atoms with Crippen molar-refractivity contribution in [2.45, 2.75) is 51.6 Å². The second-order valence-electron chi connectivity index (χ2n) is 4.90. The van der Waals surface area contributed by atoms with Crippen LogP contribution >= 0.6 is 11.8 Å². The molecule has 1 aromatic rings. The zero-order chi connectivity index (χ0) is 13.4. The van der Waals surface area contributed by atoms with Gasteiger partial charge in [-0.05, 0) is 31.9 Å². The van der Waals surface area contributed by atoms with Gasteiger partial charge < -0.3 is 5.32 Å². The molecule has 2 atom stereocenters. The van der Waals surface area contributed by atoms with E-state index in [9.17, 15) is 0 Å². The van der Waals surface area contributed by atoms with Crippen LogP contribution in [0.1, 0.15) is 52.1 Å². The molecule has 0 radical (unpaired) electrons. The van der Waals surface area contributed by atoms with E-state index < -0.39 is 0 Å². The highest BCUT2D eigenvalue weighted by Crippen LogP contribution is 2.27. The van der Waals surface area contributed by atoms with Gasteiger partial charge in [0.2, 0.25) is 0 Å². The lowest BCUT2D eigenvalue weighted by molar-refractivity contribution is 0.559. The Hall–Kier alpha value is -0.540. The Balaban J connectivity index is 2.66. The Morgan fingerprint density at radius 2 is 2.11 bits per heavy atom. The molecule has 0 aliphatic rings. The van der Waals surface area contributed by atoms with Crippen molar-refractivity contribution in [1.82, 2.24) is 10.3 Å². The summed E-state index contributed by atoms with van der Waals surface area (Å²) in [5, 5.41) is 4.73. The smallest absolute Gasteiger partial charge is 0.101 e. The van der Waals surface area contributed by atoms with Gasteiger partial charge in [0.15, 0.2) is 0 Å². The van der Waals surface area contributed by atoms with Gasteiger partial charge in [-0.1, -0.05) is 33.3 Å². The van der Waals surface area contributed by atoms with Crippen LogP contribution in [0.5, 0.6) is 0 Å². The SMILES string of the molecule is CCCNC(C)c1cccnc1SCC(C)CC. The van der Waals surface area contributed by atoms with Gasteiger partial charge in [-0.15, -0.1) is 11.8 Å². The summed E-state index contributed by atoms with van der Waals surface area (Å²) >= 11 is 1.89. The zero-order valence-corrected chi connectivity index (χ0v) is 12.9. The van der Waals surface area contributed by atoms with Gasteiger partial charge in [-0.25, -0.2) is 4.98 Å². The van der Waals surface area contributed by atoms with Crippen molar-refractivity contribution in [3.05, 3.63) is 23.9 Å². The number of pyridine rings is 1. The van der Waals surface area contributed by atoms with Crippen LogP contribution in [0.25, 0.3) is 0 Å². The standard InChI is InChI=1S/C15H26N2S/c1-5-9-16-13(4)14-8-7-10-17-15(14)18-11-12(3)6-2/h7-8,10,12-13,16H,5-6,9,11H2,1-4H3. The minimum Gasteiger partial charge on any atom is -0.310 e. The van der Waals surface area contributed by atoms with E-state index in [0.717, 1.165) is 18.2 Å². The maximum atomic E-state index is 4.54. The fraction of sp³-hybridized carbons (Fsp3) is 0.667. The summed E-state index contributed by atoms with van der Waals surface area (Å²) in [6, 6.07) is 4.62. The molecule has 0 bridgehead atoms. The molecule has 0 aromatic carbocycles. The average molecular weight is 266 g/mol. The summed E-state index contributed by atoms with van der Waals surface area (Å²) in [4.78, 5) is 4.54. The molecule has 1 heterocycles. The van der Waals surface area contributed by atoms with E-state index in [1.807, 2.05) is 24.0 Å². The summed E-state index contributed by atoms with van der Waals surface area (Å²) in [5.41, 5.74) is 1.33. The van der Waals surface area contributed by atoms with Crippen LogP contribution in [-0.4, -0.2) is 17.3 Å². The predicted molar refractivity (Wildman–Crippen MR) is 81.1 cm³/mol. The molecule has 0 spiro atoms. The van der Waals surface area contributed by atoms with E-state index >= 15 is 0 Å². The largest absolute Gasteiger partial charge is 0.310 e. The number of nitrogens with zero attached hydrogens (tertiary/aromatic N) is 1. The number of thioether (sulfide) groups is 1. The lowest BCUT2D eigenvalue weighted by Crippen LogP contribution is -2.20. The molecule has 1 N–H and O–H groups in total. The number of hydrogen-bond acceptors (Lipinski definition) is 3. The van der Waals surface area contributed by atoms with E-state index in [1.54, 1.807) is 0 Å². The van der Waals surface area contributed by atoms with Gasteiger partial charge in [0.05, 0.1) is 0 Å². The molecular weight excluding hydrogens is 240 g/mol. The first-order valence-electron chi connectivity index (χ1n) is 7.00. The Kier molecular flexibility index (Phi) is 7.36. The predicted octanol–water partition coefficient (Wildman–Crippen LogP) is 4.28. The minimum atomic E-state index is 0.387. The van der Waals surface area contributed by atoms with E-state index in [2.05, 4.69) is 44.1 Å². The van der Waals surface area contributed by atoms with Crippen LogP contribution in [0, 0.1) is 5.92 Å². The molecule has 0 amide bonds. The molecule has 1 rings (SSSR count). The molecular formula is C15H26N2S. The average Bonchev–Trinajstić information content (AvgIpc) is 2.42. The van der Waals surface area contributed by atoms with Crippen molar-refractivity contribution in [2.24, 2.45) is 5.92 Å². The fourth-order valence-electron chi connectivity index (χ4n) is 1.66. The third-order valence-electron chi connectivity index (χ3n) is 3.17. The maximum Gasteiger partial charge on any atom is 0.101 e. The Morgan fingerprint density at radius 1 is 1.33 bits per heavy atom. The highest BCUT2D eigenvalue weighted by Gasteiger charge is 2.11. The van der Waals surface area contributed by atoms with E-state index in [-0.39, 0.29) is 0 Å². The van der Waals surface area contributed by atoms with Crippen LogP contribution in [0.15, 0.2) is 23.4 Å².